The maximum Gasteiger partial charge on any atom is 0.416 e. The number of hydrogen-bond donors (Lipinski definition) is 1. The lowest BCUT2D eigenvalue weighted by Crippen LogP contribution is -2.45. The number of carbonyl (C=O) groups is 1. The Morgan fingerprint density at radius 3 is 2.50 bits per heavy atom. The van der Waals surface area contributed by atoms with Crippen LogP contribution in [0.25, 0.3) is 0 Å². The maximum absolute atomic E-state index is 12.6. The molecule has 1 amide bonds. The van der Waals surface area contributed by atoms with Gasteiger partial charge >= 0.3 is 6.09 Å². The highest BCUT2D eigenvalue weighted by Crippen LogP contribution is 2.30. The Bertz CT molecular complexity index is 476. The minimum absolute atomic E-state index is 0.0764. The van der Waals surface area contributed by atoms with Crippen molar-refractivity contribution in [2.45, 2.75) is 58.1 Å². The largest absolute Gasteiger partial charge is 0.443 e. The number of aliphatic hydroxyl groups is 1. The summed E-state index contributed by atoms with van der Waals surface area (Å²) >= 11 is 0. The smallest absolute Gasteiger partial charge is 0.416 e. The van der Waals surface area contributed by atoms with E-state index in [0.717, 1.165) is 25.7 Å². The SMILES string of the molecule is CC(C)(C)OC(=O)N(c1ccccn1)C1CCC(CO)CC1. The molecule has 1 aliphatic carbocycles. The van der Waals surface area contributed by atoms with Crippen molar-refractivity contribution >= 4 is 11.9 Å². The van der Waals surface area contributed by atoms with E-state index in [1.54, 1.807) is 11.1 Å². The van der Waals surface area contributed by atoms with Crippen LogP contribution in [0, 0.1) is 5.92 Å². The fourth-order valence-corrected chi connectivity index (χ4v) is 2.82. The van der Waals surface area contributed by atoms with Gasteiger partial charge in [-0.15, -0.1) is 0 Å². The molecule has 0 unspecified atom stereocenters. The number of rotatable bonds is 3. The van der Waals surface area contributed by atoms with Gasteiger partial charge in [0.2, 0.25) is 0 Å². The van der Waals surface area contributed by atoms with Crippen molar-refractivity contribution in [3.8, 4) is 0 Å². The number of nitrogens with zero attached hydrogens (tertiary/aromatic N) is 2. The standard InChI is InChI=1S/C17H26N2O3/c1-17(2,3)22-16(21)19(15-6-4-5-11-18-15)14-9-7-13(12-20)8-10-14/h4-6,11,13-14,20H,7-10,12H2,1-3H3. The van der Waals surface area contributed by atoms with Crippen LogP contribution < -0.4 is 4.90 Å². The molecule has 2 rings (SSSR count). The summed E-state index contributed by atoms with van der Waals surface area (Å²) in [5, 5.41) is 9.28. The van der Waals surface area contributed by atoms with Crippen LogP contribution in [0.4, 0.5) is 10.6 Å². The number of anilines is 1. The molecule has 1 heterocycles. The summed E-state index contributed by atoms with van der Waals surface area (Å²) in [5.74, 6) is 0.977. The first-order valence-electron chi connectivity index (χ1n) is 7.95. The molecule has 0 spiro atoms. The normalized spacial score (nSPS) is 22.2. The average molecular weight is 306 g/mol. The second-order valence-electron chi connectivity index (χ2n) is 6.90. The van der Waals surface area contributed by atoms with Crippen molar-refractivity contribution in [1.82, 2.24) is 4.98 Å². The lowest BCUT2D eigenvalue weighted by Gasteiger charge is -2.36. The van der Waals surface area contributed by atoms with E-state index in [4.69, 9.17) is 4.74 Å². The molecule has 1 N–H and O–H groups in total. The topological polar surface area (TPSA) is 62.7 Å². The van der Waals surface area contributed by atoms with Crippen LogP contribution in [-0.4, -0.2) is 34.4 Å². The van der Waals surface area contributed by atoms with Crippen molar-refractivity contribution < 1.29 is 14.6 Å². The molecule has 1 fully saturated rings. The Hall–Kier alpha value is -1.62. The predicted molar refractivity (Wildman–Crippen MR) is 85.8 cm³/mol. The average Bonchev–Trinajstić information content (AvgIpc) is 2.47. The van der Waals surface area contributed by atoms with E-state index in [1.165, 1.54) is 0 Å². The summed E-state index contributed by atoms with van der Waals surface area (Å²) in [6.45, 7) is 5.82. The number of amides is 1. The van der Waals surface area contributed by atoms with E-state index in [1.807, 2.05) is 39.0 Å². The molecule has 0 atom stereocenters. The molecule has 1 aliphatic rings. The third-order valence-corrected chi connectivity index (χ3v) is 3.93. The van der Waals surface area contributed by atoms with Gasteiger partial charge in [0.1, 0.15) is 11.4 Å². The zero-order chi connectivity index (χ0) is 16.2. The predicted octanol–water partition coefficient (Wildman–Crippen LogP) is 3.37. The molecule has 122 valence electrons. The van der Waals surface area contributed by atoms with Crippen LogP contribution in [0.3, 0.4) is 0 Å². The minimum atomic E-state index is -0.535. The summed E-state index contributed by atoms with van der Waals surface area (Å²) in [6, 6.07) is 5.62. The van der Waals surface area contributed by atoms with Gasteiger partial charge < -0.3 is 9.84 Å². The van der Waals surface area contributed by atoms with E-state index >= 15 is 0 Å². The lowest BCUT2D eigenvalue weighted by molar-refractivity contribution is 0.0549. The Morgan fingerprint density at radius 2 is 2.00 bits per heavy atom. The highest BCUT2D eigenvalue weighted by molar-refractivity contribution is 5.87. The molecule has 0 aliphatic heterocycles. The molecule has 1 aromatic rings. The number of carbonyl (C=O) groups excluding carboxylic acids is 1. The minimum Gasteiger partial charge on any atom is -0.443 e. The van der Waals surface area contributed by atoms with E-state index in [9.17, 15) is 9.90 Å². The third kappa shape index (κ3) is 4.44. The second kappa shape index (κ2) is 7.09. The highest BCUT2D eigenvalue weighted by Gasteiger charge is 2.33. The molecule has 0 aromatic carbocycles. The van der Waals surface area contributed by atoms with Crippen molar-refractivity contribution in [2.24, 2.45) is 5.92 Å². The van der Waals surface area contributed by atoms with Crippen LogP contribution in [0.5, 0.6) is 0 Å². The number of ether oxygens (including phenoxy) is 1. The Balaban J connectivity index is 2.17. The molecule has 0 radical (unpaired) electrons. The first-order valence-corrected chi connectivity index (χ1v) is 7.95. The second-order valence-corrected chi connectivity index (χ2v) is 6.90. The molecular weight excluding hydrogens is 280 g/mol. The van der Waals surface area contributed by atoms with E-state index < -0.39 is 5.60 Å². The number of pyridine rings is 1. The molecule has 0 saturated heterocycles. The lowest BCUT2D eigenvalue weighted by atomic mass is 9.86. The van der Waals surface area contributed by atoms with Crippen molar-refractivity contribution in [2.75, 3.05) is 11.5 Å². The van der Waals surface area contributed by atoms with E-state index in [0.29, 0.717) is 11.7 Å². The van der Waals surface area contributed by atoms with Gasteiger partial charge in [0, 0.05) is 18.8 Å². The molecular formula is C17H26N2O3. The third-order valence-electron chi connectivity index (χ3n) is 3.93. The zero-order valence-corrected chi connectivity index (χ0v) is 13.7. The van der Waals surface area contributed by atoms with Gasteiger partial charge in [-0.05, 0) is 64.5 Å². The molecule has 1 saturated carbocycles. The summed E-state index contributed by atoms with van der Waals surface area (Å²) in [7, 11) is 0. The highest BCUT2D eigenvalue weighted by atomic mass is 16.6. The summed E-state index contributed by atoms with van der Waals surface area (Å²) in [4.78, 5) is 18.6. The van der Waals surface area contributed by atoms with Crippen molar-refractivity contribution in [1.29, 1.82) is 0 Å². The summed E-state index contributed by atoms with van der Waals surface area (Å²) < 4.78 is 5.56. The van der Waals surface area contributed by atoms with E-state index in [2.05, 4.69) is 4.98 Å². The van der Waals surface area contributed by atoms with E-state index in [-0.39, 0.29) is 18.7 Å². The molecule has 22 heavy (non-hydrogen) atoms. The molecule has 0 bridgehead atoms. The first kappa shape index (κ1) is 16.7. The van der Waals surface area contributed by atoms with Crippen molar-refractivity contribution in [3.05, 3.63) is 24.4 Å². The van der Waals surface area contributed by atoms with Gasteiger partial charge in [0.25, 0.3) is 0 Å². The number of aliphatic hydroxyl groups excluding tert-OH is 1. The molecule has 5 nitrogen and oxygen atoms in total. The van der Waals surface area contributed by atoms with Crippen LogP contribution >= 0.6 is 0 Å². The maximum atomic E-state index is 12.6. The van der Waals surface area contributed by atoms with Crippen LogP contribution in [0.15, 0.2) is 24.4 Å². The van der Waals surface area contributed by atoms with Gasteiger partial charge in [-0.25, -0.2) is 9.78 Å². The van der Waals surface area contributed by atoms with Gasteiger partial charge in [-0.1, -0.05) is 6.07 Å². The van der Waals surface area contributed by atoms with Gasteiger partial charge in [-0.2, -0.15) is 0 Å². The van der Waals surface area contributed by atoms with Crippen LogP contribution in [0.2, 0.25) is 0 Å². The van der Waals surface area contributed by atoms with Gasteiger partial charge in [-0.3, -0.25) is 4.90 Å². The first-order chi connectivity index (χ1) is 10.4. The fraction of sp³-hybridized carbons (Fsp3) is 0.647. The van der Waals surface area contributed by atoms with Crippen LogP contribution in [0.1, 0.15) is 46.5 Å². The van der Waals surface area contributed by atoms with Gasteiger partial charge in [0.15, 0.2) is 0 Å². The monoisotopic (exact) mass is 306 g/mol. The van der Waals surface area contributed by atoms with Gasteiger partial charge in [0.05, 0.1) is 0 Å². The molecule has 5 heteroatoms. The Morgan fingerprint density at radius 1 is 1.32 bits per heavy atom. The van der Waals surface area contributed by atoms with Crippen molar-refractivity contribution in [3.63, 3.8) is 0 Å². The number of hydrogen-bond acceptors (Lipinski definition) is 4. The quantitative estimate of drug-likeness (QED) is 0.930. The Kier molecular flexibility index (Phi) is 5.40. The molecule has 1 aromatic heterocycles. The fourth-order valence-electron chi connectivity index (χ4n) is 2.82. The Labute approximate surface area is 132 Å². The summed E-state index contributed by atoms with van der Waals surface area (Å²) in [5.41, 5.74) is -0.535. The zero-order valence-electron chi connectivity index (χ0n) is 13.7. The number of aromatic nitrogens is 1. The van der Waals surface area contributed by atoms with Crippen LogP contribution in [-0.2, 0) is 4.74 Å². The summed E-state index contributed by atoms with van der Waals surface area (Å²) in [6.07, 6.45) is 4.91.